The number of carboxylic acids is 1. The number of alkyl halides is 3. The summed E-state index contributed by atoms with van der Waals surface area (Å²) in [6.45, 7) is -1.58. The average Bonchev–Trinajstić information content (AvgIpc) is 2.22. The molecule has 1 heterocycles. The van der Waals surface area contributed by atoms with Crippen molar-refractivity contribution in [1.29, 1.82) is 0 Å². The summed E-state index contributed by atoms with van der Waals surface area (Å²) >= 11 is 0. The molecule has 0 bridgehead atoms. The van der Waals surface area contributed by atoms with Crippen molar-refractivity contribution in [1.82, 2.24) is 9.97 Å². The zero-order chi connectivity index (χ0) is 13.8. The van der Waals surface area contributed by atoms with Crippen LogP contribution in [0, 0.1) is 0 Å². The summed E-state index contributed by atoms with van der Waals surface area (Å²) in [6, 6.07) is 0. The van der Waals surface area contributed by atoms with Gasteiger partial charge in [-0.1, -0.05) is 0 Å². The van der Waals surface area contributed by atoms with Crippen molar-refractivity contribution < 1.29 is 27.8 Å². The minimum atomic E-state index is -4.38. The number of nitrogen functional groups attached to an aromatic ring is 1. The molecule has 18 heavy (non-hydrogen) atoms. The smallest absolute Gasteiger partial charge is 0.411 e. The van der Waals surface area contributed by atoms with Gasteiger partial charge in [-0.3, -0.25) is 0 Å². The summed E-state index contributed by atoms with van der Waals surface area (Å²) in [4.78, 5) is 17.9. The van der Waals surface area contributed by atoms with Crippen LogP contribution >= 0.6 is 0 Å². The van der Waals surface area contributed by atoms with Gasteiger partial charge in [0, 0.05) is 12.6 Å². The first kappa shape index (κ1) is 14.2. The minimum absolute atomic E-state index is 0.0141. The molecule has 0 spiro atoms. The maximum absolute atomic E-state index is 11.7. The molecule has 0 atom stereocenters. The molecule has 6 nitrogen and oxygen atoms in total. The zero-order valence-electron chi connectivity index (χ0n) is 9.07. The Balaban J connectivity index is 2.49. The van der Waals surface area contributed by atoms with Gasteiger partial charge in [-0.05, 0) is 0 Å². The van der Waals surface area contributed by atoms with Gasteiger partial charge in [0.25, 0.3) is 0 Å². The summed E-state index contributed by atoms with van der Waals surface area (Å²) in [5.41, 5.74) is 5.09. The van der Waals surface area contributed by atoms with E-state index in [4.69, 9.17) is 10.8 Å². The van der Waals surface area contributed by atoms with Crippen LogP contribution < -0.4 is 5.73 Å². The Morgan fingerprint density at radius 2 is 2.17 bits per heavy atom. The highest BCUT2D eigenvalue weighted by Gasteiger charge is 2.27. The summed E-state index contributed by atoms with van der Waals surface area (Å²) < 4.78 is 39.6. The Hall–Kier alpha value is -1.90. The molecule has 100 valence electrons. The van der Waals surface area contributed by atoms with Crippen LogP contribution in [0.2, 0.25) is 0 Å². The number of rotatable bonds is 5. The van der Waals surface area contributed by atoms with Crippen LogP contribution in [0.25, 0.3) is 0 Å². The van der Waals surface area contributed by atoms with Gasteiger partial charge in [0.2, 0.25) is 0 Å². The Labute approximate surface area is 99.6 Å². The van der Waals surface area contributed by atoms with Gasteiger partial charge in [-0.2, -0.15) is 13.2 Å². The van der Waals surface area contributed by atoms with E-state index in [1.165, 1.54) is 0 Å². The minimum Gasteiger partial charge on any atom is -0.477 e. The third-order valence-electron chi connectivity index (χ3n) is 1.83. The van der Waals surface area contributed by atoms with E-state index >= 15 is 0 Å². The lowest BCUT2D eigenvalue weighted by atomic mass is 10.3. The van der Waals surface area contributed by atoms with Crippen molar-refractivity contribution in [3.8, 4) is 0 Å². The molecule has 0 unspecified atom stereocenters. The zero-order valence-corrected chi connectivity index (χ0v) is 9.07. The van der Waals surface area contributed by atoms with Gasteiger partial charge in [0.05, 0.1) is 6.61 Å². The predicted octanol–water partition coefficient (Wildman–Crippen LogP) is 0.878. The molecule has 0 aliphatic rings. The number of carboxylic acid groups (broad SMARTS) is 1. The lowest BCUT2D eigenvalue weighted by molar-refractivity contribution is -0.173. The van der Waals surface area contributed by atoms with E-state index in [9.17, 15) is 18.0 Å². The van der Waals surface area contributed by atoms with Gasteiger partial charge < -0.3 is 15.6 Å². The molecule has 0 fully saturated rings. The Kier molecular flexibility index (Phi) is 4.43. The van der Waals surface area contributed by atoms with E-state index in [-0.39, 0.29) is 30.2 Å². The van der Waals surface area contributed by atoms with Gasteiger partial charge >= 0.3 is 12.1 Å². The highest BCUT2D eigenvalue weighted by atomic mass is 19.4. The first-order valence-corrected chi connectivity index (χ1v) is 4.79. The van der Waals surface area contributed by atoms with Crippen LogP contribution in [0.4, 0.5) is 19.0 Å². The van der Waals surface area contributed by atoms with Crippen molar-refractivity contribution >= 4 is 11.8 Å². The van der Waals surface area contributed by atoms with Crippen LogP contribution in [0.3, 0.4) is 0 Å². The van der Waals surface area contributed by atoms with Crippen LogP contribution in [0.5, 0.6) is 0 Å². The van der Waals surface area contributed by atoms with Crippen molar-refractivity contribution in [2.75, 3.05) is 18.9 Å². The second kappa shape index (κ2) is 5.63. The van der Waals surface area contributed by atoms with Crippen molar-refractivity contribution in [3.63, 3.8) is 0 Å². The number of halogens is 3. The van der Waals surface area contributed by atoms with Crippen LogP contribution in [0.1, 0.15) is 16.2 Å². The van der Waals surface area contributed by atoms with E-state index in [2.05, 4.69) is 14.7 Å². The number of aromatic nitrogens is 2. The molecule has 3 N–H and O–H groups in total. The molecule has 0 aliphatic heterocycles. The number of ether oxygens (including phenoxy) is 1. The monoisotopic (exact) mass is 265 g/mol. The average molecular weight is 265 g/mol. The SMILES string of the molecule is Nc1nc(CCOCC(F)(F)F)ncc1C(=O)O. The quantitative estimate of drug-likeness (QED) is 0.767. The number of hydrogen-bond donors (Lipinski definition) is 2. The van der Waals surface area contributed by atoms with Gasteiger partial charge in [0.1, 0.15) is 23.8 Å². The third-order valence-corrected chi connectivity index (χ3v) is 1.83. The molecule has 1 rings (SSSR count). The van der Waals surface area contributed by atoms with Crippen molar-refractivity contribution in [2.45, 2.75) is 12.6 Å². The molecule has 0 amide bonds. The van der Waals surface area contributed by atoms with E-state index in [0.29, 0.717) is 0 Å². The molecular formula is C9H10F3N3O3. The normalized spacial score (nSPS) is 11.5. The first-order chi connectivity index (χ1) is 8.29. The van der Waals surface area contributed by atoms with Gasteiger partial charge in [0.15, 0.2) is 0 Å². The number of aromatic carboxylic acids is 1. The van der Waals surface area contributed by atoms with E-state index in [1.54, 1.807) is 0 Å². The largest absolute Gasteiger partial charge is 0.477 e. The third kappa shape index (κ3) is 4.53. The lowest BCUT2D eigenvalue weighted by Crippen LogP contribution is -2.18. The van der Waals surface area contributed by atoms with E-state index < -0.39 is 18.8 Å². The predicted molar refractivity (Wildman–Crippen MR) is 54.0 cm³/mol. The Morgan fingerprint density at radius 1 is 1.50 bits per heavy atom. The second-order valence-corrected chi connectivity index (χ2v) is 3.31. The molecule has 0 saturated heterocycles. The molecule has 1 aromatic rings. The van der Waals surface area contributed by atoms with Crippen LogP contribution in [0.15, 0.2) is 6.20 Å². The molecule has 0 radical (unpaired) electrons. The van der Waals surface area contributed by atoms with E-state index in [0.717, 1.165) is 6.20 Å². The highest BCUT2D eigenvalue weighted by molar-refractivity contribution is 5.92. The van der Waals surface area contributed by atoms with Gasteiger partial charge in [-0.25, -0.2) is 14.8 Å². The van der Waals surface area contributed by atoms with Crippen LogP contribution in [-0.4, -0.2) is 40.4 Å². The molecule has 0 saturated carbocycles. The van der Waals surface area contributed by atoms with Gasteiger partial charge in [-0.15, -0.1) is 0 Å². The van der Waals surface area contributed by atoms with Crippen molar-refractivity contribution in [2.24, 2.45) is 0 Å². The Bertz CT molecular complexity index is 437. The molecule has 1 aromatic heterocycles. The maximum Gasteiger partial charge on any atom is 0.411 e. The highest BCUT2D eigenvalue weighted by Crippen LogP contribution is 2.14. The topological polar surface area (TPSA) is 98.3 Å². The molecule has 9 heteroatoms. The Morgan fingerprint density at radius 3 is 2.67 bits per heavy atom. The summed E-state index contributed by atoms with van der Waals surface area (Å²) in [5.74, 6) is -1.38. The second-order valence-electron chi connectivity index (χ2n) is 3.31. The number of anilines is 1. The summed E-state index contributed by atoms with van der Waals surface area (Å²) in [7, 11) is 0. The summed E-state index contributed by atoms with van der Waals surface area (Å²) in [5, 5.41) is 8.65. The van der Waals surface area contributed by atoms with E-state index in [1.807, 2.05) is 0 Å². The summed E-state index contributed by atoms with van der Waals surface area (Å²) in [6.07, 6.45) is -3.36. The molecule has 0 aliphatic carbocycles. The number of nitrogens with two attached hydrogens (primary N) is 1. The standard InChI is InChI=1S/C9H10F3N3O3/c10-9(11,12)4-18-2-1-6-14-3-5(8(16)17)7(13)15-6/h3H,1-2,4H2,(H,16,17)(H2,13,14,15). The van der Waals surface area contributed by atoms with Crippen LogP contribution in [-0.2, 0) is 11.2 Å². The lowest BCUT2D eigenvalue weighted by Gasteiger charge is -2.07. The molecule has 0 aromatic carbocycles. The first-order valence-electron chi connectivity index (χ1n) is 4.79. The fraction of sp³-hybridized carbons (Fsp3) is 0.444. The fourth-order valence-electron chi connectivity index (χ4n) is 1.07. The molecular weight excluding hydrogens is 255 g/mol. The number of hydrogen-bond acceptors (Lipinski definition) is 5. The van der Waals surface area contributed by atoms with Crippen molar-refractivity contribution in [3.05, 3.63) is 17.6 Å². The number of carbonyl (C=O) groups is 1. The fourth-order valence-corrected chi connectivity index (χ4v) is 1.07. The number of nitrogens with zero attached hydrogens (tertiary/aromatic N) is 2. The maximum atomic E-state index is 11.7.